The number of carbonyl (C=O) groups is 1. The fourth-order valence-corrected chi connectivity index (χ4v) is 2.24. The zero-order chi connectivity index (χ0) is 16.7. The van der Waals surface area contributed by atoms with E-state index in [9.17, 15) is 4.79 Å². The Morgan fingerprint density at radius 1 is 1.09 bits per heavy atom. The van der Waals surface area contributed by atoms with Crippen LogP contribution in [0.3, 0.4) is 0 Å². The highest BCUT2D eigenvalue weighted by atomic mass is 79.9. The Bertz CT molecular complexity index is 626. The highest BCUT2D eigenvalue weighted by Crippen LogP contribution is 2.17. The molecule has 1 atom stereocenters. The van der Waals surface area contributed by atoms with E-state index in [4.69, 9.17) is 9.47 Å². The molecule has 0 radical (unpaired) electrons. The quantitative estimate of drug-likeness (QED) is 0.794. The summed E-state index contributed by atoms with van der Waals surface area (Å²) in [5, 5.41) is 2.87. The first-order valence-corrected chi connectivity index (χ1v) is 8.29. The van der Waals surface area contributed by atoms with Gasteiger partial charge in [-0.25, -0.2) is 0 Å². The van der Waals surface area contributed by atoms with Crippen LogP contribution in [-0.2, 0) is 11.3 Å². The maximum atomic E-state index is 12.1. The molecule has 4 nitrogen and oxygen atoms in total. The van der Waals surface area contributed by atoms with Crippen LogP contribution in [0.4, 0.5) is 0 Å². The van der Waals surface area contributed by atoms with Crippen molar-refractivity contribution in [3.63, 3.8) is 0 Å². The molecule has 0 heterocycles. The van der Waals surface area contributed by atoms with Crippen LogP contribution in [-0.4, -0.2) is 18.6 Å². The van der Waals surface area contributed by atoms with Crippen LogP contribution in [0.15, 0.2) is 53.0 Å². The monoisotopic (exact) mass is 377 g/mol. The number of carbonyl (C=O) groups excluding carboxylic acids is 1. The molecule has 2 aromatic rings. The molecule has 0 spiro atoms. The van der Waals surface area contributed by atoms with Gasteiger partial charge in [0.1, 0.15) is 11.5 Å². The number of ether oxygens (including phenoxy) is 2. The normalized spacial score (nSPS) is 11.6. The van der Waals surface area contributed by atoms with Crippen molar-refractivity contribution in [3.05, 3.63) is 58.6 Å². The van der Waals surface area contributed by atoms with Gasteiger partial charge < -0.3 is 14.8 Å². The van der Waals surface area contributed by atoms with Gasteiger partial charge in [0.15, 0.2) is 6.10 Å². The molecule has 0 bridgehead atoms. The lowest BCUT2D eigenvalue weighted by atomic mass is 10.2. The molecule has 0 saturated heterocycles. The minimum Gasteiger partial charge on any atom is -0.494 e. The molecule has 2 aromatic carbocycles. The molecule has 0 unspecified atom stereocenters. The van der Waals surface area contributed by atoms with Crippen LogP contribution in [0.1, 0.15) is 19.4 Å². The van der Waals surface area contributed by atoms with Crippen molar-refractivity contribution in [1.29, 1.82) is 0 Å². The second kappa shape index (κ2) is 8.58. The lowest BCUT2D eigenvalue weighted by molar-refractivity contribution is -0.127. The van der Waals surface area contributed by atoms with E-state index in [0.29, 0.717) is 18.9 Å². The topological polar surface area (TPSA) is 47.6 Å². The predicted molar refractivity (Wildman–Crippen MR) is 93.7 cm³/mol. The molecule has 5 heteroatoms. The summed E-state index contributed by atoms with van der Waals surface area (Å²) in [6.07, 6.45) is -0.557. The second-order valence-electron chi connectivity index (χ2n) is 5.01. The first-order chi connectivity index (χ1) is 11.1. The number of benzene rings is 2. The SMILES string of the molecule is CCOc1ccc(CNC(=O)[C@H](C)Oc2ccc(Br)cc2)cc1. The number of nitrogens with one attached hydrogen (secondary N) is 1. The molecule has 0 aromatic heterocycles. The van der Waals surface area contributed by atoms with Crippen LogP contribution in [0, 0.1) is 0 Å². The maximum absolute atomic E-state index is 12.1. The van der Waals surface area contributed by atoms with E-state index >= 15 is 0 Å². The molecule has 1 N–H and O–H groups in total. The lowest BCUT2D eigenvalue weighted by Crippen LogP contribution is -2.35. The molecule has 2 rings (SSSR count). The van der Waals surface area contributed by atoms with E-state index in [1.54, 1.807) is 6.92 Å². The first kappa shape index (κ1) is 17.3. The number of amides is 1. The van der Waals surface area contributed by atoms with Gasteiger partial charge in [-0.15, -0.1) is 0 Å². The van der Waals surface area contributed by atoms with Crippen LogP contribution in [0.25, 0.3) is 0 Å². The van der Waals surface area contributed by atoms with Gasteiger partial charge in [-0.1, -0.05) is 28.1 Å². The molecule has 122 valence electrons. The van der Waals surface area contributed by atoms with Crippen LogP contribution in [0.5, 0.6) is 11.5 Å². The zero-order valence-corrected chi connectivity index (χ0v) is 14.8. The van der Waals surface area contributed by atoms with Crippen molar-refractivity contribution in [2.45, 2.75) is 26.5 Å². The van der Waals surface area contributed by atoms with Crippen molar-refractivity contribution in [2.75, 3.05) is 6.61 Å². The van der Waals surface area contributed by atoms with Crippen molar-refractivity contribution in [2.24, 2.45) is 0 Å². The molecule has 0 aliphatic rings. The smallest absolute Gasteiger partial charge is 0.261 e. The van der Waals surface area contributed by atoms with Crippen LogP contribution >= 0.6 is 15.9 Å². The number of halogens is 1. The summed E-state index contributed by atoms with van der Waals surface area (Å²) in [7, 11) is 0. The lowest BCUT2D eigenvalue weighted by Gasteiger charge is -2.15. The Morgan fingerprint density at radius 2 is 1.70 bits per heavy atom. The van der Waals surface area contributed by atoms with Gasteiger partial charge in [0.05, 0.1) is 6.61 Å². The second-order valence-corrected chi connectivity index (χ2v) is 5.92. The van der Waals surface area contributed by atoms with E-state index < -0.39 is 6.10 Å². The third-order valence-corrected chi connectivity index (χ3v) is 3.73. The van der Waals surface area contributed by atoms with E-state index in [1.165, 1.54) is 0 Å². The third-order valence-electron chi connectivity index (χ3n) is 3.20. The Hall–Kier alpha value is -2.01. The molecule has 0 fully saturated rings. The minimum absolute atomic E-state index is 0.151. The Morgan fingerprint density at radius 3 is 2.30 bits per heavy atom. The number of hydrogen-bond donors (Lipinski definition) is 1. The molecule has 1 amide bonds. The summed E-state index contributed by atoms with van der Waals surface area (Å²) >= 11 is 3.36. The van der Waals surface area contributed by atoms with Crippen molar-refractivity contribution < 1.29 is 14.3 Å². The van der Waals surface area contributed by atoms with E-state index in [0.717, 1.165) is 15.8 Å². The van der Waals surface area contributed by atoms with Gasteiger partial charge in [-0.3, -0.25) is 4.79 Å². The van der Waals surface area contributed by atoms with Crippen LogP contribution < -0.4 is 14.8 Å². The molecule has 0 saturated carbocycles. The van der Waals surface area contributed by atoms with E-state index in [1.807, 2.05) is 55.5 Å². The molecule has 23 heavy (non-hydrogen) atoms. The predicted octanol–water partition coefficient (Wildman–Crippen LogP) is 3.93. The van der Waals surface area contributed by atoms with E-state index in [2.05, 4.69) is 21.2 Å². The largest absolute Gasteiger partial charge is 0.494 e. The average molecular weight is 378 g/mol. The van der Waals surface area contributed by atoms with Gasteiger partial charge in [-0.05, 0) is 55.8 Å². The summed E-state index contributed by atoms with van der Waals surface area (Å²) in [5.74, 6) is 1.34. The Kier molecular flexibility index (Phi) is 6.47. The van der Waals surface area contributed by atoms with Gasteiger partial charge >= 0.3 is 0 Å². The molecule has 0 aliphatic carbocycles. The van der Waals surface area contributed by atoms with Crippen LogP contribution in [0.2, 0.25) is 0 Å². The summed E-state index contributed by atoms with van der Waals surface area (Å²) < 4.78 is 12.0. The van der Waals surface area contributed by atoms with Gasteiger partial charge in [0.2, 0.25) is 0 Å². The maximum Gasteiger partial charge on any atom is 0.261 e. The number of rotatable bonds is 7. The fourth-order valence-electron chi connectivity index (χ4n) is 1.97. The van der Waals surface area contributed by atoms with Gasteiger partial charge in [0, 0.05) is 11.0 Å². The van der Waals surface area contributed by atoms with Gasteiger partial charge in [-0.2, -0.15) is 0 Å². The highest BCUT2D eigenvalue weighted by molar-refractivity contribution is 9.10. The summed E-state index contributed by atoms with van der Waals surface area (Å²) in [5.41, 5.74) is 1.01. The molecule has 0 aliphatic heterocycles. The minimum atomic E-state index is -0.557. The zero-order valence-electron chi connectivity index (χ0n) is 13.2. The van der Waals surface area contributed by atoms with E-state index in [-0.39, 0.29) is 5.91 Å². The molecular weight excluding hydrogens is 358 g/mol. The van der Waals surface area contributed by atoms with Crippen molar-refractivity contribution >= 4 is 21.8 Å². The average Bonchev–Trinajstić information content (AvgIpc) is 2.56. The first-order valence-electron chi connectivity index (χ1n) is 7.50. The number of hydrogen-bond acceptors (Lipinski definition) is 3. The summed E-state index contributed by atoms with van der Waals surface area (Å²) in [6, 6.07) is 15.1. The summed E-state index contributed by atoms with van der Waals surface area (Å²) in [6.45, 7) is 4.77. The standard InChI is InChI=1S/C18H20BrNO3/c1-3-22-16-8-4-14(5-9-16)12-20-18(21)13(2)23-17-10-6-15(19)7-11-17/h4-11,13H,3,12H2,1-2H3,(H,20,21)/t13-/m0/s1. The Balaban J connectivity index is 1.82. The van der Waals surface area contributed by atoms with Crippen molar-refractivity contribution in [1.82, 2.24) is 5.32 Å². The fraction of sp³-hybridized carbons (Fsp3) is 0.278. The van der Waals surface area contributed by atoms with Crippen molar-refractivity contribution in [3.8, 4) is 11.5 Å². The third kappa shape index (κ3) is 5.60. The molecular formula is C18H20BrNO3. The van der Waals surface area contributed by atoms with Gasteiger partial charge in [0.25, 0.3) is 5.91 Å². The summed E-state index contributed by atoms with van der Waals surface area (Å²) in [4.78, 5) is 12.1. The Labute approximate surface area is 144 Å². The highest BCUT2D eigenvalue weighted by Gasteiger charge is 2.14.